The Morgan fingerprint density at radius 3 is 2.23 bits per heavy atom. The largest absolute Gasteiger partial charge is 0.497 e. The molecule has 3 nitrogen and oxygen atoms in total. The summed E-state index contributed by atoms with van der Waals surface area (Å²) in [5, 5.41) is 0. The molecule has 6 heteroatoms. The fraction of sp³-hybridized carbons (Fsp3) is 0.208. The smallest absolute Gasteiger partial charge is 0.416 e. The van der Waals surface area contributed by atoms with Crippen LogP contribution in [-0.2, 0) is 17.4 Å². The summed E-state index contributed by atoms with van der Waals surface area (Å²) in [5.74, 6) is 0.548. The number of amides is 1. The van der Waals surface area contributed by atoms with Gasteiger partial charge in [-0.05, 0) is 60.0 Å². The van der Waals surface area contributed by atoms with E-state index in [4.69, 9.17) is 4.74 Å². The average Bonchev–Trinajstić information content (AvgIpc) is 2.73. The number of fused-ring (bicyclic) bond motifs is 1. The number of anilines is 1. The van der Waals surface area contributed by atoms with E-state index in [0.717, 1.165) is 28.8 Å². The van der Waals surface area contributed by atoms with Gasteiger partial charge in [-0.15, -0.1) is 0 Å². The molecule has 1 aliphatic heterocycles. The van der Waals surface area contributed by atoms with E-state index in [1.807, 2.05) is 25.1 Å². The predicted octanol–water partition coefficient (Wildman–Crippen LogP) is 5.70. The SMILES string of the molecule is COc1ccc(N2C(=O)Cc3ccc(C)cc3C2c2ccc(C(F)(F)F)cc2)cc1. The van der Waals surface area contributed by atoms with Crippen LogP contribution >= 0.6 is 0 Å². The number of halogens is 3. The van der Waals surface area contributed by atoms with Gasteiger partial charge in [0.25, 0.3) is 0 Å². The van der Waals surface area contributed by atoms with Crippen molar-refractivity contribution in [3.05, 3.63) is 94.5 Å². The number of methoxy groups -OCH3 is 1. The molecule has 1 amide bonds. The molecule has 3 aromatic carbocycles. The van der Waals surface area contributed by atoms with Crippen molar-refractivity contribution >= 4 is 11.6 Å². The Morgan fingerprint density at radius 2 is 1.63 bits per heavy atom. The van der Waals surface area contributed by atoms with E-state index < -0.39 is 17.8 Å². The van der Waals surface area contributed by atoms with Crippen LogP contribution in [0.3, 0.4) is 0 Å². The van der Waals surface area contributed by atoms with Crippen molar-refractivity contribution in [3.8, 4) is 5.75 Å². The van der Waals surface area contributed by atoms with Gasteiger partial charge in [0, 0.05) is 5.69 Å². The Kier molecular flexibility index (Phi) is 5.02. The first kappa shape index (κ1) is 20.0. The molecular formula is C24H20F3NO2. The van der Waals surface area contributed by atoms with E-state index in [9.17, 15) is 18.0 Å². The van der Waals surface area contributed by atoms with Crippen LogP contribution < -0.4 is 9.64 Å². The van der Waals surface area contributed by atoms with Crippen molar-refractivity contribution in [2.75, 3.05) is 12.0 Å². The van der Waals surface area contributed by atoms with Gasteiger partial charge in [0.1, 0.15) is 5.75 Å². The summed E-state index contributed by atoms with van der Waals surface area (Å²) in [6, 6.07) is 17.5. The second-order valence-corrected chi connectivity index (χ2v) is 7.36. The number of carbonyl (C=O) groups excluding carboxylic acids is 1. The van der Waals surface area contributed by atoms with E-state index in [2.05, 4.69) is 0 Å². The molecule has 154 valence electrons. The van der Waals surface area contributed by atoms with E-state index in [-0.39, 0.29) is 12.3 Å². The first-order valence-corrected chi connectivity index (χ1v) is 9.50. The van der Waals surface area contributed by atoms with Gasteiger partial charge in [0.2, 0.25) is 5.91 Å². The van der Waals surface area contributed by atoms with Crippen LogP contribution in [-0.4, -0.2) is 13.0 Å². The molecule has 0 saturated heterocycles. The number of benzene rings is 3. The number of ether oxygens (including phenoxy) is 1. The van der Waals surface area contributed by atoms with E-state index >= 15 is 0 Å². The molecule has 1 unspecified atom stereocenters. The summed E-state index contributed by atoms with van der Waals surface area (Å²) >= 11 is 0. The minimum Gasteiger partial charge on any atom is -0.497 e. The lowest BCUT2D eigenvalue weighted by Crippen LogP contribution is -2.41. The van der Waals surface area contributed by atoms with Crippen molar-refractivity contribution in [2.45, 2.75) is 25.6 Å². The topological polar surface area (TPSA) is 29.5 Å². The molecule has 0 N–H and O–H groups in total. The summed E-state index contributed by atoms with van der Waals surface area (Å²) in [7, 11) is 1.56. The fourth-order valence-corrected chi connectivity index (χ4v) is 3.88. The first-order chi connectivity index (χ1) is 14.3. The lowest BCUT2D eigenvalue weighted by Gasteiger charge is -2.38. The highest BCUT2D eigenvalue weighted by Gasteiger charge is 2.36. The Morgan fingerprint density at radius 1 is 0.967 bits per heavy atom. The average molecular weight is 411 g/mol. The van der Waals surface area contributed by atoms with Crippen molar-refractivity contribution in [3.63, 3.8) is 0 Å². The number of alkyl halides is 3. The normalized spacial score (nSPS) is 16.4. The molecule has 0 radical (unpaired) electrons. The molecule has 0 aromatic heterocycles. The van der Waals surface area contributed by atoms with Crippen LogP contribution in [0.2, 0.25) is 0 Å². The molecule has 0 fully saturated rings. The van der Waals surface area contributed by atoms with Gasteiger partial charge in [-0.1, -0.05) is 35.9 Å². The molecular weight excluding hydrogens is 391 g/mol. The Bertz CT molecular complexity index is 1070. The molecule has 1 heterocycles. The Hall–Kier alpha value is -3.28. The van der Waals surface area contributed by atoms with Gasteiger partial charge >= 0.3 is 6.18 Å². The quantitative estimate of drug-likeness (QED) is 0.553. The molecule has 4 rings (SSSR count). The second kappa shape index (κ2) is 7.52. The maximum atomic E-state index is 13.1. The summed E-state index contributed by atoms with van der Waals surface area (Å²) in [5.41, 5.74) is 3.41. The van der Waals surface area contributed by atoms with E-state index in [1.54, 1.807) is 36.3 Å². The molecule has 1 aliphatic rings. The molecule has 0 bridgehead atoms. The number of hydrogen-bond donors (Lipinski definition) is 0. The number of aryl methyl sites for hydroxylation is 1. The third-order valence-corrected chi connectivity index (χ3v) is 5.37. The van der Waals surface area contributed by atoms with Gasteiger partial charge in [0.15, 0.2) is 0 Å². The fourth-order valence-electron chi connectivity index (χ4n) is 3.88. The monoisotopic (exact) mass is 411 g/mol. The number of carbonyl (C=O) groups is 1. The molecule has 3 aromatic rings. The summed E-state index contributed by atoms with van der Waals surface area (Å²) in [6.07, 6.45) is -4.18. The minimum absolute atomic E-state index is 0.110. The summed E-state index contributed by atoms with van der Waals surface area (Å²) in [6.45, 7) is 1.96. The van der Waals surface area contributed by atoms with Gasteiger partial charge in [0.05, 0.1) is 25.1 Å². The zero-order chi connectivity index (χ0) is 21.5. The summed E-state index contributed by atoms with van der Waals surface area (Å²) in [4.78, 5) is 14.8. The van der Waals surface area contributed by atoms with Crippen LogP contribution in [0.25, 0.3) is 0 Å². The highest BCUT2D eigenvalue weighted by Crippen LogP contribution is 2.40. The lowest BCUT2D eigenvalue weighted by molar-refractivity contribution is -0.137. The minimum atomic E-state index is -4.41. The van der Waals surface area contributed by atoms with Crippen LogP contribution in [0, 0.1) is 6.92 Å². The third kappa shape index (κ3) is 3.65. The van der Waals surface area contributed by atoms with Crippen LogP contribution in [0.4, 0.5) is 18.9 Å². The predicted molar refractivity (Wildman–Crippen MR) is 109 cm³/mol. The standard InChI is InChI=1S/C24H20F3NO2/c1-15-3-4-17-14-22(29)28(19-9-11-20(30-2)12-10-19)23(21(17)13-15)16-5-7-18(8-6-16)24(25,26)27/h3-13,23H,14H2,1-2H3. The van der Waals surface area contributed by atoms with Crippen molar-refractivity contribution in [1.82, 2.24) is 0 Å². The molecule has 30 heavy (non-hydrogen) atoms. The van der Waals surface area contributed by atoms with Crippen molar-refractivity contribution in [1.29, 1.82) is 0 Å². The number of hydrogen-bond acceptors (Lipinski definition) is 2. The third-order valence-electron chi connectivity index (χ3n) is 5.37. The maximum absolute atomic E-state index is 13.1. The summed E-state index contributed by atoms with van der Waals surface area (Å²) < 4.78 is 44.4. The number of nitrogens with zero attached hydrogens (tertiary/aromatic N) is 1. The van der Waals surface area contributed by atoms with Gasteiger partial charge in [-0.2, -0.15) is 13.2 Å². The maximum Gasteiger partial charge on any atom is 0.416 e. The van der Waals surface area contributed by atoms with E-state index in [0.29, 0.717) is 17.0 Å². The zero-order valence-electron chi connectivity index (χ0n) is 16.5. The Labute approximate surface area is 172 Å². The molecule has 1 atom stereocenters. The lowest BCUT2D eigenvalue weighted by atomic mass is 9.86. The second-order valence-electron chi connectivity index (χ2n) is 7.36. The van der Waals surface area contributed by atoms with Crippen molar-refractivity contribution < 1.29 is 22.7 Å². The van der Waals surface area contributed by atoms with Gasteiger partial charge in [-0.25, -0.2) is 0 Å². The highest BCUT2D eigenvalue weighted by molar-refractivity contribution is 5.98. The molecule has 0 saturated carbocycles. The highest BCUT2D eigenvalue weighted by atomic mass is 19.4. The van der Waals surface area contributed by atoms with Crippen LogP contribution in [0.5, 0.6) is 5.75 Å². The van der Waals surface area contributed by atoms with Gasteiger partial charge in [-0.3, -0.25) is 4.79 Å². The van der Waals surface area contributed by atoms with Gasteiger partial charge < -0.3 is 9.64 Å². The van der Waals surface area contributed by atoms with Crippen LogP contribution in [0.1, 0.15) is 33.9 Å². The Balaban J connectivity index is 1.86. The van der Waals surface area contributed by atoms with Crippen molar-refractivity contribution in [2.24, 2.45) is 0 Å². The first-order valence-electron chi connectivity index (χ1n) is 9.50. The van der Waals surface area contributed by atoms with E-state index in [1.165, 1.54) is 12.1 Å². The zero-order valence-corrected chi connectivity index (χ0v) is 16.5. The number of rotatable bonds is 3. The molecule has 0 spiro atoms. The van der Waals surface area contributed by atoms with Crippen LogP contribution in [0.15, 0.2) is 66.7 Å². The molecule has 0 aliphatic carbocycles.